The molecule has 6 nitrogen and oxygen atoms in total. The fourth-order valence-electron chi connectivity index (χ4n) is 3.79. The van der Waals surface area contributed by atoms with Crippen LogP contribution >= 0.6 is 0 Å². The molecular weight excluding hydrogens is 420 g/mol. The van der Waals surface area contributed by atoms with Gasteiger partial charge in [0.15, 0.2) is 19.4 Å². The number of benzene rings is 1. The second-order valence-corrected chi connectivity index (χ2v) is 16.7. The molecule has 8 heteroatoms. The van der Waals surface area contributed by atoms with Gasteiger partial charge in [-0.25, -0.2) is 13.2 Å². The van der Waals surface area contributed by atoms with Gasteiger partial charge in [0.2, 0.25) is 9.84 Å². The molecule has 1 aliphatic rings. The lowest BCUT2D eigenvalue weighted by Crippen LogP contribution is -2.57. The van der Waals surface area contributed by atoms with E-state index in [0.717, 1.165) is 5.56 Å². The molecule has 3 atom stereocenters. The summed E-state index contributed by atoms with van der Waals surface area (Å²) in [6.45, 7) is 12.2. The number of rotatable bonds is 6. The molecule has 0 bridgehead atoms. The molecule has 0 saturated heterocycles. The van der Waals surface area contributed by atoms with Crippen LogP contribution in [0, 0.1) is 12.8 Å². The van der Waals surface area contributed by atoms with Crippen molar-refractivity contribution in [2.75, 3.05) is 7.11 Å². The largest absolute Gasteiger partial charge is 0.467 e. The average Bonchev–Trinajstić information content (AvgIpc) is 2.65. The molecule has 1 fully saturated rings. The minimum Gasteiger partial charge on any atom is -0.467 e. The Morgan fingerprint density at radius 3 is 2.30 bits per heavy atom. The van der Waals surface area contributed by atoms with E-state index in [0.29, 0.717) is 19.3 Å². The van der Waals surface area contributed by atoms with E-state index in [1.807, 2.05) is 6.92 Å². The lowest BCUT2D eigenvalue weighted by atomic mass is 9.78. The maximum Gasteiger partial charge on any atom is 0.336 e. The van der Waals surface area contributed by atoms with Crippen molar-refractivity contribution < 1.29 is 27.5 Å². The van der Waals surface area contributed by atoms with Gasteiger partial charge < -0.3 is 14.3 Å². The molecule has 170 valence electrons. The van der Waals surface area contributed by atoms with Gasteiger partial charge in [-0.2, -0.15) is 0 Å². The van der Waals surface area contributed by atoms with Gasteiger partial charge in [-0.05, 0) is 62.9 Å². The molecule has 0 spiro atoms. The van der Waals surface area contributed by atoms with Crippen LogP contribution in [0.25, 0.3) is 0 Å². The van der Waals surface area contributed by atoms with Crippen LogP contribution < -0.4 is 0 Å². The third-order valence-corrected chi connectivity index (χ3v) is 13.1. The summed E-state index contributed by atoms with van der Waals surface area (Å²) in [5, 5.41) is 10.8. The Balaban J connectivity index is 2.37. The maximum atomic E-state index is 13.0. The SMILES string of the molecule is COC(=O)C1(O[Si](C)(C)C(C)(C)C)CCCC(C(O)S(=O)(=O)c2ccc(C)cc2)C1. The average molecular weight is 457 g/mol. The highest BCUT2D eigenvalue weighted by Crippen LogP contribution is 2.46. The van der Waals surface area contributed by atoms with Crippen LogP contribution in [0.2, 0.25) is 18.1 Å². The topological polar surface area (TPSA) is 89.9 Å². The molecule has 1 N–H and O–H groups in total. The Morgan fingerprint density at radius 2 is 1.80 bits per heavy atom. The van der Waals surface area contributed by atoms with Gasteiger partial charge in [-0.15, -0.1) is 0 Å². The van der Waals surface area contributed by atoms with Crippen LogP contribution in [0.1, 0.15) is 52.0 Å². The number of carbonyl (C=O) groups excluding carboxylic acids is 1. The fraction of sp³-hybridized carbons (Fsp3) is 0.682. The fourth-order valence-corrected chi connectivity index (χ4v) is 6.87. The highest BCUT2D eigenvalue weighted by Gasteiger charge is 2.53. The molecule has 1 saturated carbocycles. The number of hydrogen-bond acceptors (Lipinski definition) is 6. The van der Waals surface area contributed by atoms with Crippen molar-refractivity contribution in [1.82, 2.24) is 0 Å². The quantitative estimate of drug-likeness (QED) is 0.509. The van der Waals surface area contributed by atoms with Crippen molar-refractivity contribution in [2.24, 2.45) is 5.92 Å². The summed E-state index contributed by atoms with van der Waals surface area (Å²) in [6, 6.07) is 6.44. The number of aryl methyl sites for hydroxylation is 1. The van der Waals surface area contributed by atoms with E-state index in [2.05, 4.69) is 33.9 Å². The number of hydrogen-bond donors (Lipinski definition) is 1. The van der Waals surface area contributed by atoms with Gasteiger partial charge in [-0.3, -0.25) is 0 Å². The zero-order valence-corrected chi connectivity index (χ0v) is 21.0. The summed E-state index contributed by atoms with van der Waals surface area (Å²) in [5.74, 6) is -1.11. The molecule has 1 aromatic rings. The summed E-state index contributed by atoms with van der Waals surface area (Å²) in [6.07, 6.45) is 1.67. The standard InChI is InChI=1S/C22H36O6SSi/c1-16-10-12-18(13-11-16)29(25,26)19(23)17-9-8-14-22(15-17,20(24)27-5)28-30(6,7)21(2,3)4/h10-13,17,19,23H,8-9,14-15H2,1-7H3. The minimum atomic E-state index is -3.95. The number of methoxy groups -OCH3 is 1. The molecular formula is C22H36O6SSi. The van der Waals surface area contributed by atoms with E-state index in [-0.39, 0.29) is 16.4 Å². The summed E-state index contributed by atoms with van der Waals surface area (Å²) < 4.78 is 37.7. The van der Waals surface area contributed by atoms with E-state index in [1.165, 1.54) is 19.2 Å². The van der Waals surface area contributed by atoms with E-state index in [4.69, 9.17) is 9.16 Å². The van der Waals surface area contributed by atoms with E-state index >= 15 is 0 Å². The normalized spacial score (nSPS) is 24.3. The molecule has 0 aromatic heterocycles. The molecule has 0 heterocycles. The second kappa shape index (κ2) is 8.73. The number of sulfone groups is 1. The van der Waals surface area contributed by atoms with Crippen LogP contribution in [0.5, 0.6) is 0 Å². The third kappa shape index (κ3) is 4.98. The lowest BCUT2D eigenvalue weighted by Gasteiger charge is -2.47. The Bertz CT molecular complexity index is 857. The van der Waals surface area contributed by atoms with Crippen molar-refractivity contribution in [1.29, 1.82) is 0 Å². The molecule has 0 amide bonds. The summed E-state index contributed by atoms with van der Waals surface area (Å²) >= 11 is 0. The van der Waals surface area contributed by atoms with Crippen molar-refractivity contribution in [3.05, 3.63) is 29.8 Å². The number of carbonyl (C=O) groups is 1. The van der Waals surface area contributed by atoms with Crippen LogP contribution in [0.4, 0.5) is 0 Å². The highest BCUT2D eigenvalue weighted by molar-refractivity contribution is 7.91. The number of esters is 1. The molecule has 1 aliphatic carbocycles. The number of aliphatic hydroxyl groups excluding tert-OH is 1. The van der Waals surface area contributed by atoms with Gasteiger partial charge in [0, 0.05) is 5.92 Å². The molecule has 3 unspecified atom stereocenters. The summed E-state index contributed by atoms with van der Waals surface area (Å²) in [7, 11) is -4.99. The first-order valence-electron chi connectivity index (χ1n) is 10.4. The zero-order valence-electron chi connectivity index (χ0n) is 19.2. The predicted molar refractivity (Wildman–Crippen MR) is 119 cm³/mol. The molecule has 2 rings (SSSR count). The predicted octanol–water partition coefficient (Wildman–Crippen LogP) is 4.21. The van der Waals surface area contributed by atoms with Gasteiger partial charge in [0.25, 0.3) is 0 Å². The Kier molecular flexibility index (Phi) is 7.28. The van der Waals surface area contributed by atoms with E-state index in [9.17, 15) is 18.3 Å². The minimum absolute atomic E-state index is 0.0835. The molecule has 1 aromatic carbocycles. The first-order valence-corrected chi connectivity index (χ1v) is 14.9. The van der Waals surface area contributed by atoms with Crippen molar-refractivity contribution in [3.63, 3.8) is 0 Å². The number of ether oxygens (including phenoxy) is 1. The van der Waals surface area contributed by atoms with Crippen LogP contribution in [0.15, 0.2) is 29.2 Å². The van der Waals surface area contributed by atoms with E-state index < -0.39 is 41.1 Å². The summed E-state index contributed by atoms with van der Waals surface area (Å²) in [4.78, 5) is 12.9. The first kappa shape index (κ1) is 25.0. The monoisotopic (exact) mass is 456 g/mol. The van der Waals surface area contributed by atoms with Crippen molar-refractivity contribution in [2.45, 2.75) is 87.4 Å². The second-order valence-electron chi connectivity index (χ2n) is 9.95. The molecule has 0 radical (unpaired) electrons. The van der Waals surface area contributed by atoms with Crippen molar-refractivity contribution in [3.8, 4) is 0 Å². The van der Waals surface area contributed by atoms with Gasteiger partial charge in [0.1, 0.15) is 0 Å². The van der Waals surface area contributed by atoms with Crippen LogP contribution in [-0.2, 0) is 23.8 Å². The smallest absolute Gasteiger partial charge is 0.336 e. The lowest BCUT2D eigenvalue weighted by molar-refractivity contribution is -0.166. The molecule has 30 heavy (non-hydrogen) atoms. The third-order valence-electron chi connectivity index (χ3n) is 6.63. The summed E-state index contributed by atoms with van der Waals surface area (Å²) in [5.41, 5.74) is -1.90. The van der Waals surface area contributed by atoms with Gasteiger partial charge in [0.05, 0.1) is 12.0 Å². The van der Waals surface area contributed by atoms with Crippen LogP contribution in [-0.4, -0.2) is 46.0 Å². The van der Waals surface area contributed by atoms with Crippen LogP contribution in [0.3, 0.4) is 0 Å². The van der Waals surface area contributed by atoms with Gasteiger partial charge >= 0.3 is 5.97 Å². The Labute approximate surface area is 182 Å². The zero-order chi connectivity index (χ0) is 23.0. The highest BCUT2D eigenvalue weighted by atomic mass is 32.2. The Hall–Kier alpha value is -1.22. The Morgan fingerprint density at radius 1 is 1.23 bits per heavy atom. The van der Waals surface area contributed by atoms with Gasteiger partial charge in [-0.1, -0.05) is 38.5 Å². The first-order chi connectivity index (χ1) is 13.7. The molecule has 0 aliphatic heterocycles. The maximum absolute atomic E-state index is 13.0. The van der Waals surface area contributed by atoms with E-state index in [1.54, 1.807) is 12.1 Å². The number of aliphatic hydroxyl groups is 1. The van der Waals surface area contributed by atoms with Crippen molar-refractivity contribution >= 4 is 24.1 Å².